The Labute approximate surface area is 137 Å². The van der Waals surface area contributed by atoms with E-state index in [-0.39, 0.29) is 20.4 Å². The summed E-state index contributed by atoms with van der Waals surface area (Å²) < 4.78 is 40.8. The summed E-state index contributed by atoms with van der Waals surface area (Å²) in [6, 6.07) is 2.05. The van der Waals surface area contributed by atoms with E-state index in [2.05, 4.69) is 21.2 Å². The zero-order valence-corrected chi connectivity index (χ0v) is 14.7. The van der Waals surface area contributed by atoms with Crippen molar-refractivity contribution in [3.63, 3.8) is 0 Å². The lowest BCUT2D eigenvalue weighted by Gasteiger charge is -2.28. The van der Waals surface area contributed by atoms with Gasteiger partial charge in [0.1, 0.15) is 10.7 Å². The zero-order valence-electron chi connectivity index (χ0n) is 11.6. The topological polar surface area (TPSA) is 49.4 Å². The van der Waals surface area contributed by atoms with Gasteiger partial charge < -0.3 is 5.32 Å². The largest absolute Gasteiger partial charge is 0.315 e. The van der Waals surface area contributed by atoms with Crippen LogP contribution in [-0.4, -0.2) is 38.4 Å². The Morgan fingerprint density at radius 2 is 2.24 bits per heavy atom. The maximum Gasteiger partial charge on any atom is 0.245 e. The van der Waals surface area contributed by atoms with Crippen molar-refractivity contribution in [3.05, 3.63) is 27.4 Å². The standard InChI is InChI=1S/C13H17BrClFN2O2S/c1-2-5-18(10-3-4-17-8-10)21(19,20)13-11(14)6-9(16)7-12(13)15/h6-7,10,17H,2-5,8H2,1H3. The second-order valence-electron chi connectivity index (χ2n) is 4.96. The Hall–Kier alpha value is -0.210. The molecule has 1 aromatic rings. The van der Waals surface area contributed by atoms with Crippen LogP contribution in [0, 0.1) is 5.82 Å². The van der Waals surface area contributed by atoms with Crippen molar-refractivity contribution in [2.75, 3.05) is 19.6 Å². The first kappa shape index (κ1) is 17.1. The second kappa shape index (κ2) is 6.91. The molecule has 0 bridgehead atoms. The molecule has 1 aromatic carbocycles. The van der Waals surface area contributed by atoms with Crippen LogP contribution in [0.3, 0.4) is 0 Å². The van der Waals surface area contributed by atoms with Gasteiger partial charge in [0, 0.05) is 23.6 Å². The molecule has 8 heteroatoms. The highest BCUT2D eigenvalue weighted by atomic mass is 79.9. The van der Waals surface area contributed by atoms with Gasteiger partial charge in [-0.25, -0.2) is 12.8 Å². The summed E-state index contributed by atoms with van der Waals surface area (Å²) in [7, 11) is -3.78. The molecule has 1 fully saturated rings. The minimum absolute atomic E-state index is 0.0640. The number of nitrogens with one attached hydrogen (secondary N) is 1. The number of hydrogen-bond donors (Lipinski definition) is 1. The van der Waals surface area contributed by atoms with Crippen molar-refractivity contribution in [1.82, 2.24) is 9.62 Å². The van der Waals surface area contributed by atoms with Crippen molar-refractivity contribution in [2.45, 2.75) is 30.7 Å². The maximum absolute atomic E-state index is 13.3. The van der Waals surface area contributed by atoms with E-state index in [0.29, 0.717) is 19.5 Å². The number of sulfonamides is 1. The summed E-state index contributed by atoms with van der Waals surface area (Å²) in [5.41, 5.74) is 0. The molecule has 0 spiro atoms. The van der Waals surface area contributed by atoms with Crippen molar-refractivity contribution in [1.29, 1.82) is 0 Å². The normalized spacial score (nSPS) is 19.4. The quantitative estimate of drug-likeness (QED) is 0.828. The van der Waals surface area contributed by atoms with Crippen LogP contribution in [-0.2, 0) is 10.0 Å². The first-order valence-electron chi connectivity index (χ1n) is 6.75. The van der Waals surface area contributed by atoms with Gasteiger partial charge in [-0.05, 0) is 47.4 Å². The SMILES string of the molecule is CCCN(C1CCNC1)S(=O)(=O)c1c(Cl)cc(F)cc1Br. The van der Waals surface area contributed by atoms with E-state index in [9.17, 15) is 12.8 Å². The predicted octanol–water partition coefficient (Wildman–Crippen LogP) is 3.00. The molecule has 0 amide bonds. The van der Waals surface area contributed by atoms with E-state index < -0.39 is 15.8 Å². The first-order chi connectivity index (χ1) is 9.87. The summed E-state index contributed by atoms with van der Waals surface area (Å²) in [5, 5.41) is 3.06. The summed E-state index contributed by atoms with van der Waals surface area (Å²) in [6.45, 7) is 3.75. The number of hydrogen-bond acceptors (Lipinski definition) is 3. The second-order valence-corrected chi connectivity index (χ2v) is 8.05. The molecule has 1 saturated heterocycles. The Bertz CT molecular complexity index is 598. The van der Waals surface area contributed by atoms with E-state index in [1.807, 2.05) is 6.92 Å². The highest BCUT2D eigenvalue weighted by molar-refractivity contribution is 9.10. The third-order valence-electron chi connectivity index (χ3n) is 3.42. The minimum Gasteiger partial charge on any atom is -0.315 e. The van der Waals surface area contributed by atoms with E-state index in [4.69, 9.17) is 11.6 Å². The third kappa shape index (κ3) is 3.59. The molecule has 4 nitrogen and oxygen atoms in total. The number of benzene rings is 1. The Kier molecular flexibility index (Phi) is 5.65. The fourth-order valence-corrected chi connectivity index (χ4v) is 6.00. The van der Waals surface area contributed by atoms with Gasteiger partial charge in [0.05, 0.1) is 5.02 Å². The van der Waals surface area contributed by atoms with E-state index in [1.54, 1.807) is 0 Å². The smallest absolute Gasteiger partial charge is 0.245 e. The summed E-state index contributed by atoms with van der Waals surface area (Å²) in [6.07, 6.45) is 1.46. The summed E-state index contributed by atoms with van der Waals surface area (Å²) >= 11 is 9.09. The zero-order chi connectivity index (χ0) is 15.6. The van der Waals surface area contributed by atoms with Gasteiger partial charge in [-0.1, -0.05) is 18.5 Å². The van der Waals surface area contributed by atoms with Gasteiger partial charge in [-0.3, -0.25) is 0 Å². The van der Waals surface area contributed by atoms with Crippen LogP contribution in [0.15, 0.2) is 21.5 Å². The molecule has 118 valence electrons. The fourth-order valence-electron chi connectivity index (χ4n) is 2.50. The van der Waals surface area contributed by atoms with Crippen LogP contribution in [0.25, 0.3) is 0 Å². The van der Waals surface area contributed by atoms with E-state index in [0.717, 1.165) is 25.1 Å². The molecule has 0 saturated carbocycles. The number of rotatable bonds is 5. The van der Waals surface area contributed by atoms with Crippen molar-refractivity contribution < 1.29 is 12.8 Å². The van der Waals surface area contributed by atoms with Crippen LogP contribution in [0.5, 0.6) is 0 Å². The average Bonchev–Trinajstić information content (AvgIpc) is 2.87. The molecule has 1 aliphatic rings. The fraction of sp³-hybridized carbons (Fsp3) is 0.538. The van der Waals surface area contributed by atoms with Crippen molar-refractivity contribution in [2.24, 2.45) is 0 Å². The lowest BCUT2D eigenvalue weighted by molar-refractivity contribution is 0.335. The van der Waals surface area contributed by atoms with Crippen molar-refractivity contribution >= 4 is 37.6 Å². The number of halogens is 3. The highest BCUT2D eigenvalue weighted by Gasteiger charge is 2.35. The molecule has 2 rings (SSSR count). The molecule has 1 unspecified atom stereocenters. The van der Waals surface area contributed by atoms with Gasteiger partial charge in [0.15, 0.2) is 0 Å². The van der Waals surface area contributed by atoms with Gasteiger partial charge in [-0.15, -0.1) is 0 Å². The molecule has 1 aliphatic heterocycles. The molecule has 21 heavy (non-hydrogen) atoms. The summed E-state index contributed by atoms with van der Waals surface area (Å²) in [5.74, 6) is -0.574. The number of nitrogens with zero attached hydrogens (tertiary/aromatic N) is 1. The molecular weight excluding hydrogens is 383 g/mol. The van der Waals surface area contributed by atoms with Gasteiger partial charge in [-0.2, -0.15) is 4.31 Å². The lowest BCUT2D eigenvalue weighted by atomic mass is 10.2. The Balaban J connectivity index is 2.48. The average molecular weight is 400 g/mol. The van der Waals surface area contributed by atoms with Gasteiger partial charge >= 0.3 is 0 Å². The van der Waals surface area contributed by atoms with Crippen LogP contribution in [0.2, 0.25) is 5.02 Å². The molecular formula is C13H17BrClFN2O2S. The highest BCUT2D eigenvalue weighted by Crippen LogP contribution is 2.34. The lowest BCUT2D eigenvalue weighted by Crippen LogP contribution is -2.42. The predicted molar refractivity (Wildman–Crippen MR) is 84.6 cm³/mol. The molecule has 0 radical (unpaired) electrons. The Morgan fingerprint density at radius 3 is 2.76 bits per heavy atom. The van der Waals surface area contributed by atoms with E-state index >= 15 is 0 Å². The minimum atomic E-state index is -3.78. The van der Waals surface area contributed by atoms with Crippen molar-refractivity contribution in [3.8, 4) is 0 Å². The first-order valence-corrected chi connectivity index (χ1v) is 9.36. The Morgan fingerprint density at radius 1 is 1.52 bits per heavy atom. The summed E-state index contributed by atoms with van der Waals surface area (Å²) in [4.78, 5) is -0.0640. The van der Waals surface area contributed by atoms with Crippen LogP contribution >= 0.6 is 27.5 Å². The van der Waals surface area contributed by atoms with Gasteiger partial charge in [0.25, 0.3) is 0 Å². The van der Waals surface area contributed by atoms with Crippen LogP contribution in [0.4, 0.5) is 4.39 Å². The third-order valence-corrected chi connectivity index (χ3v) is 6.77. The van der Waals surface area contributed by atoms with E-state index in [1.165, 1.54) is 4.31 Å². The van der Waals surface area contributed by atoms with Gasteiger partial charge in [0.2, 0.25) is 10.0 Å². The van der Waals surface area contributed by atoms with Crippen LogP contribution < -0.4 is 5.32 Å². The molecule has 1 atom stereocenters. The molecule has 1 N–H and O–H groups in total. The maximum atomic E-state index is 13.3. The van der Waals surface area contributed by atoms with Crippen LogP contribution in [0.1, 0.15) is 19.8 Å². The molecule has 0 aliphatic carbocycles. The molecule has 0 aromatic heterocycles. The molecule has 1 heterocycles. The monoisotopic (exact) mass is 398 g/mol.